The average Bonchev–Trinajstić information content (AvgIpc) is 3.73. The number of benzene rings is 2. The number of hydrogen-bond acceptors (Lipinski definition) is 5. The van der Waals surface area contributed by atoms with Gasteiger partial charge in [0, 0.05) is 36.5 Å². The van der Waals surface area contributed by atoms with Crippen LogP contribution in [0.2, 0.25) is 0 Å². The number of halogens is 1. The predicted molar refractivity (Wildman–Crippen MR) is 164 cm³/mol. The van der Waals surface area contributed by atoms with E-state index < -0.39 is 11.5 Å². The van der Waals surface area contributed by atoms with Crippen LogP contribution in [0.15, 0.2) is 66.9 Å². The van der Waals surface area contributed by atoms with Gasteiger partial charge in [-0.2, -0.15) is 5.10 Å². The molecule has 2 aliphatic rings. The summed E-state index contributed by atoms with van der Waals surface area (Å²) in [5.41, 5.74) is 10.4. The fourth-order valence-electron chi connectivity index (χ4n) is 5.61. The van der Waals surface area contributed by atoms with Gasteiger partial charge in [0.25, 0.3) is 11.8 Å². The number of ether oxygens (including phenoxy) is 1. The van der Waals surface area contributed by atoms with E-state index in [9.17, 15) is 18.8 Å². The second-order valence-corrected chi connectivity index (χ2v) is 12.0. The maximum Gasteiger partial charge on any atom is 0.414 e. The van der Waals surface area contributed by atoms with Crippen molar-refractivity contribution in [2.75, 3.05) is 18.0 Å². The molecule has 0 bridgehead atoms. The number of nitrogens with zero attached hydrogens (tertiary/aromatic N) is 4. The van der Waals surface area contributed by atoms with E-state index in [1.54, 1.807) is 44.9 Å². The normalized spacial score (nSPS) is 15.6. The molecule has 1 atom stereocenters. The Labute approximate surface area is 255 Å². The third kappa shape index (κ3) is 6.66. The first-order valence-corrected chi connectivity index (χ1v) is 14.6. The number of rotatable bonds is 4. The molecule has 1 unspecified atom stereocenters. The van der Waals surface area contributed by atoms with Crippen LogP contribution in [-0.2, 0) is 24.2 Å². The van der Waals surface area contributed by atoms with Crippen LogP contribution >= 0.6 is 0 Å². The lowest BCUT2D eigenvalue weighted by Crippen LogP contribution is -2.38. The summed E-state index contributed by atoms with van der Waals surface area (Å²) in [6.45, 7) is 9.50. The van der Waals surface area contributed by atoms with Gasteiger partial charge < -0.3 is 20.4 Å². The van der Waals surface area contributed by atoms with Gasteiger partial charge in [0.2, 0.25) is 0 Å². The molecule has 4 aromatic rings. The number of primary amides is 1. The van der Waals surface area contributed by atoms with E-state index in [2.05, 4.69) is 16.1 Å². The van der Waals surface area contributed by atoms with Crippen LogP contribution in [0.3, 0.4) is 0 Å². The summed E-state index contributed by atoms with van der Waals surface area (Å²) in [5.74, 6) is -1.11. The summed E-state index contributed by atoms with van der Waals surface area (Å²) in [6.07, 6.45) is 2.36. The monoisotopic (exact) mass is 600 g/mol. The van der Waals surface area contributed by atoms with Crippen LogP contribution < -0.4 is 10.6 Å². The SMILES string of the molecule is CC(C)(C)OC(=O)N1CCc2ccccc21.CC1CN(C(=O)c2ccc[nH]2)Cc2c(C(N)=O)nn(Cc3ccc(F)cc3)c21. The molecule has 2 aromatic heterocycles. The van der Waals surface area contributed by atoms with E-state index in [0.29, 0.717) is 30.9 Å². The minimum Gasteiger partial charge on any atom is -0.443 e. The number of para-hydroxylation sites is 1. The molecule has 44 heavy (non-hydrogen) atoms. The lowest BCUT2D eigenvalue weighted by Gasteiger charge is -2.31. The molecule has 2 aromatic carbocycles. The van der Waals surface area contributed by atoms with E-state index in [1.165, 1.54) is 17.7 Å². The van der Waals surface area contributed by atoms with Crippen LogP contribution in [0.25, 0.3) is 0 Å². The van der Waals surface area contributed by atoms with Crippen molar-refractivity contribution >= 4 is 23.6 Å². The zero-order valence-corrected chi connectivity index (χ0v) is 25.3. The van der Waals surface area contributed by atoms with E-state index in [0.717, 1.165) is 23.4 Å². The quantitative estimate of drug-likeness (QED) is 0.331. The molecule has 6 rings (SSSR count). The fourth-order valence-corrected chi connectivity index (χ4v) is 5.61. The summed E-state index contributed by atoms with van der Waals surface area (Å²) in [6, 6.07) is 17.6. The highest BCUT2D eigenvalue weighted by Gasteiger charge is 2.34. The Hall–Kier alpha value is -4.93. The number of aromatic amines is 1. The van der Waals surface area contributed by atoms with Gasteiger partial charge in [-0.15, -0.1) is 0 Å². The maximum absolute atomic E-state index is 13.2. The number of nitrogens with two attached hydrogens (primary N) is 1. The number of amides is 3. The van der Waals surface area contributed by atoms with Gasteiger partial charge in [-0.25, -0.2) is 9.18 Å². The number of H-pyrrole nitrogens is 1. The summed E-state index contributed by atoms with van der Waals surface area (Å²) in [7, 11) is 0. The molecule has 0 saturated carbocycles. The van der Waals surface area contributed by atoms with Crippen molar-refractivity contribution in [3.63, 3.8) is 0 Å². The van der Waals surface area contributed by atoms with Crippen LogP contribution in [0.5, 0.6) is 0 Å². The molecule has 0 spiro atoms. The highest BCUT2D eigenvalue weighted by molar-refractivity contribution is 5.95. The second-order valence-electron chi connectivity index (χ2n) is 12.0. The summed E-state index contributed by atoms with van der Waals surface area (Å²) >= 11 is 0. The molecular weight excluding hydrogens is 563 g/mol. The molecule has 0 saturated heterocycles. The number of fused-ring (bicyclic) bond motifs is 2. The van der Waals surface area contributed by atoms with Gasteiger partial charge in [0.1, 0.15) is 17.1 Å². The first kappa shape index (κ1) is 30.5. The first-order chi connectivity index (χ1) is 20.9. The van der Waals surface area contributed by atoms with Crippen molar-refractivity contribution in [3.05, 3.63) is 106 Å². The lowest BCUT2D eigenvalue weighted by atomic mass is 9.95. The zero-order valence-electron chi connectivity index (χ0n) is 25.3. The molecule has 4 heterocycles. The average molecular weight is 601 g/mol. The van der Waals surface area contributed by atoms with Crippen molar-refractivity contribution in [1.82, 2.24) is 19.7 Å². The number of anilines is 1. The smallest absolute Gasteiger partial charge is 0.414 e. The van der Waals surface area contributed by atoms with Gasteiger partial charge in [0.15, 0.2) is 5.69 Å². The minimum atomic E-state index is -0.629. The van der Waals surface area contributed by atoms with Gasteiger partial charge >= 0.3 is 6.09 Å². The molecular formula is C33H37FN6O4. The molecule has 3 N–H and O–H groups in total. The molecule has 0 aliphatic carbocycles. The topological polar surface area (TPSA) is 127 Å². The van der Waals surface area contributed by atoms with Gasteiger partial charge in [0.05, 0.1) is 18.8 Å². The Morgan fingerprint density at radius 1 is 1.07 bits per heavy atom. The Morgan fingerprint density at radius 2 is 1.80 bits per heavy atom. The molecule has 3 amide bonds. The fraction of sp³-hybridized carbons (Fsp3) is 0.333. The Balaban J connectivity index is 0.000000204. The Bertz CT molecular complexity index is 1660. The first-order valence-electron chi connectivity index (χ1n) is 14.6. The van der Waals surface area contributed by atoms with Gasteiger partial charge in [-0.05, 0) is 68.7 Å². The van der Waals surface area contributed by atoms with Gasteiger partial charge in [-0.1, -0.05) is 37.3 Å². The number of carbonyl (C=O) groups excluding carboxylic acids is 3. The third-order valence-electron chi connectivity index (χ3n) is 7.50. The number of nitrogens with one attached hydrogen (secondary N) is 1. The van der Waals surface area contributed by atoms with Crippen LogP contribution in [0, 0.1) is 5.82 Å². The number of aromatic nitrogens is 3. The molecule has 230 valence electrons. The van der Waals surface area contributed by atoms with E-state index in [1.807, 2.05) is 45.9 Å². The van der Waals surface area contributed by atoms with Crippen molar-refractivity contribution in [3.8, 4) is 0 Å². The van der Waals surface area contributed by atoms with Crippen molar-refractivity contribution in [1.29, 1.82) is 0 Å². The second kappa shape index (κ2) is 12.4. The highest BCUT2D eigenvalue weighted by Crippen LogP contribution is 2.32. The summed E-state index contributed by atoms with van der Waals surface area (Å²) in [4.78, 5) is 43.0. The highest BCUT2D eigenvalue weighted by atomic mass is 19.1. The summed E-state index contributed by atoms with van der Waals surface area (Å²) < 4.78 is 20.3. The van der Waals surface area contributed by atoms with Crippen molar-refractivity contribution < 1.29 is 23.5 Å². The zero-order chi connectivity index (χ0) is 31.6. The number of carbonyl (C=O) groups is 3. The number of hydrogen-bond donors (Lipinski definition) is 2. The van der Waals surface area contributed by atoms with Gasteiger partial charge in [-0.3, -0.25) is 19.2 Å². The Morgan fingerprint density at radius 3 is 2.45 bits per heavy atom. The lowest BCUT2D eigenvalue weighted by molar-refractivity contribution is 0.0583. The van der Waals surface area contributed by atoms with E-state index in [4.69, 9.17) is 10.5 Å². The molecule has 0 radical (unpaired) electrons. The van der Waals surface area contributed by atoms with Crippen molar-refractivity contribution in [2.24, 2.45) is 5.73 Å². The van der Waals surface area contributed by atoms with Crippen LogP contribution in [0.4, 0.5) is 14.9 Å². The van der Waals surface area contributed by atoms with E-state index >= 15 is 0 Å². The Kier molecular flexibility index (Phi) is 8.57. The summed E-state index contributed by atoms with van der Waals surface area (Å²) in [5, 5.41) is 4.42. The maximum atomic E-state index is 13.2. The molecule has 10 nitrogen and oxygen atoms in total. The molecule has 11 heteroatoms. The predicted octanol–water partition coefficient (Wildman–Crippen LogP) is 5.24. The minimum absolute atomic E-state index is 0.0382. The van der Waals surface area contributed by atoms with E-state index in [-0.39, 0.29) is 36.0 Å². The third-order valence-corrected chi connectivity index (χ3v) is 7.50. The molecule has 0 fully saturated rings. The largest absolute Gasteiger partial charge is 0.443 e. The van der Waals surface area contributed by atoms with Crippen LogP contribution in [-0.4, -0.2) is 56.3 Å². The standard InChI is InChI=1S/C20H20FN5O2.C13H17NO2/c1-12-9-25(20(28)16-3-2-8-23-16)11-15-17(19(22)27)24-26(18(12)15)10-13-4-6-14(21)7-5-13;1-13(2,3)16-12(15)14-9-8-10-6-4-5-7-11(10)14/h2-8,12,23H,9-11H2,1H3,(H2,22,27);4-7H,8-9H2,1-3H3. The molecule has 2 aliphatic heterocycles. The van der Waals surface area contributed by atoms with Crippen LogP contribution in [0.1, 0.15) is 77.0 Å². The van der Waals surface area contributed by atoms with Crippen molar-refractivity contribution in [2.45, 2.75) is 58.7 Å².